The van der Waals surface area contributed by atoms with Crippen molar-refractivity contribution in [2.75, 3.05) is 11.8 Å². The molecule has 106 valence electrons. The van der Waals surface area contributed by atoms with Crippen molar-refractivity contribution >= 4 is 32.9 Å². The van der Waals surface area contributed by atoms with E-state index < -0.39 is 21.1 Å². The molecular formula is C11H15FN2O3S2. The van der Waals surface area contributed by atoms with Gasteiger partial charge < -0.3 is 10.5 Å². The number of halogens is 1. The maximum Gasteiger partial charge on any atom is 0.242 e. The van der Waals surface area contributed by atoms with Gasteiger partial charge >= 0.3 is 0 Å². The van der Waals surface area contributed by atoms with Crippen LogP contribution in [0.5, 0.6) is 5.75 Å². The minimum atomic E-state index is -3.78. The molecule has 0 saturated carbocycles. The van der Waals surface area contributed by atoms with Gasteiger partial charge in [-0.05, 0) is 18.6 Å². The van der Waals surface area contributed by atoms with Crippen molar-refractivity contribution in [3.63, 3.8) is 0 Å². The number of nitrogens with one attached hydrogen (secondary N) is 1. The van der Waals surface area contributed by atoms with Crippen LogP contribution in [0.2, 0.25) is 0 Å². The molecule has 1 atom stereocenters. The third-order valence-corrected chi connectivity index (χ3v) is 4.76. The summed E-state index contributed by atoms with van der Waals surface area (Å²) in [5, 5.41) is -0.993. The van der Waals surface area contributed by atoms with Crippen LogP contribution in [0.4, 0.5) is 10.1 Å². The first kappa shape index (κ1) is 15.6. The zero-order valence-electron chi connectivity index (χ0n) is 10.5. The third kappa shape index (κ3) is 3.77. The minimum absolute atomic E-state index is 0.0318. The lowest BCUT2D eigenvalue weighted by atomic mass is 10.3. The Hall–Kier alpha value is -1.41. The highest BCUT2D eigenvalue weighted by Gasteiger charge is 2.26. The van der Waals surface area contributed by atoms with Gasteiger partial charge in [0.15, 0.2) is 11.6 Å². The van der Waals surface area contributed by atoms with E-state index in [1.54, 1.807) is 6.92 Å². The highest BCUT2D eigenvalue weighted by atomic mass is 32.2. The Morgan fingerprint density at radius 2 is 2.21 bits per heavy atom. The molecule has 3 N–H and O–H groups in total. The molecule has 0 aliphatic carbocycles. The topological polar surface area (TPSA) is 81.4 Å². The Balaban J connectivity index is 3.01. The Morgan fingerprint density at radius 1 is 1.58 bits per heavy atom. The summed E-state index contributed by atoms with van der Waals surface area (Å²) in [7, 11) is -2.46. The summed E-state index contributed by atoms with van der Waals surface area (Å²) < 4.78 is 44.5. The number of methoxy groups -OCH3 is 1. The normalized spacial score (nSPS) is 12.8. The SMILES string of the molecule is CCC(C(N)=S)S(=O)(=O)Nc1ccc(OC)c(F)c1. The minimum Gasteiger partial charge on any atom is -0.494 e. The Kier molecular flexibility index (Phi) is 5.07. The van der Waals surface area contributed by atoms with Gasteiger partial charge in [-0.2, -0.15) is 0 Å². The van der Waals surface area contributed by atoms with E-state index in [0.29, 0.717) is 0 Å². The Labute approximate surface area is 117 Å². The first-order valence-corrected chi connectivity index (χ1v) is 7.41. The van der Waals surface area contributed by atoms with Crippen LogP contribution >= 0.6 is 12.2 Å². The van der Waals surface area contributed by atoms with Crippen molar-refractivity contribution in [1.82, 2.24) is 0 Å². The lowest BCUT2D eigenvalue weighted by Gasteiger charge is -2.16. The van der Waals surface area contributed by atoms with Crippen LogP contribution in [0.3, 0.4) is 0 Å². The van der Waals surface area contributed by atoms with Crippen molar-refractivity contribution in [3.8, 4) is 5.75 Å². The van der Waals surface area contributed by atoms with E-state index in [1.165, 1.54) is 19.2 Å². The first-order valence-electron chi connectivity index (χ1n) is 5.46. The molecule has 19 heavy (non-hydrogen) atoms. The fraction of sp³-hybridized carbons (Fsp3) is 0.364. The van der Waals surface area contributed by atoms with Crippen molar-refractivity contribution in [3.05, 3.63) is 24.0 Å². The molecule has 0 spiro atoms. The molecule has 1 aromatic rings. The fourth-order valence-electron chi connectivity index (χ4n) is 1.54. The molecule has 0 radical (unpaired) electrons. The lowest BCUT2D eigenvalue weighted by molar-refractivity contribution is 0.386. The van der Waals surface area contributed by atoms with Gasteiger partial charge in [0.25, 0.3) is 0 Å². The number of thiocarbonyl (C=S) groups is 1. The van der Waals surface area contributed by atoms with Crippen LogP contribution in [-0.2, 0) is 10.0 Å². The highest BCUT2D eigenvalue weighted by Crippen LogP contribution is 2.22. The van der Waals surface area contributed by atoms with Crippen molar-refractivity contribution in [2.24, 2.45) is 5.73 Å². The molecule has 8 heteroatoms. The second-order valence-corrected chi connectivity index (χ2v) is 6.13. The summed E-state index contributed by atoms with van der Waals surface area (Å²) in [6, 6.07) is 3.75. The van der Waals surface area contributed by atoms with Crippen LogP contribution in [0.15, 0.2) is 18.2 Å². The van der Waals surface area contributed by atoms with Gasteiger partial charge in [0, 0.05) is 6.07 Å². The predicted octanol–water partition coefficient (Wildman–Crippen LogP) is 1.64. The van der Waals surface area contributed by atoms with E-state index in [0.717, 1.165) is 6.07 Å². The fourth-order valence-corrected chi connectivity index (χ4v) is 3.43. The maximum absolute atomic E-state index is 13.5. The van der Waals surface area contributed by atoms with E-state index >= 15 is 0 Å². The molecule has 1 unspecified atom stereocenters. The monoisotopic (exact) mass is 306 g/mol. The molecule has 0 aliphatic heterocycles. The zero-order chi connectivity index (χ0) is 14.6. The Bertz CT molecular complexity index is 575. The first-order chi connectivity index (χ1) is 8.81. The average molecular weight is 306 g/mol. The molecule has 0 aliphatic rings. The van der Waals surface area contributed by atoms with Gasteiger partial charge in [-0.3, -0.25) is 4.72 Å². The second kappa shape index (κ2) is 6.16. The lowest BCUT2D eigenvalue weighted by Crippen LogP contribution is -2.37. The Morgan fingerprint density at radius 3 is 2.63 bits per heavy atom. The predicted molar refractivity (Wildman–Crippen MR) is 76.4 cm³/mol. The quantitative estimate of drug-likeness (QED) is 0.781. The highest BCUT2D eigenvalue weighted by molar-refractivity contribution is 7.95. The second-order valence-electron chi connectivity index (χ2n) is 3.80. The van der Waals surface area contributed by atoms with Crippen LogP contribution in [0.1, 0.15) is 13.3 Å². The summed E-state index contributed by atoms with van der Waals surface area (Å²) >= 11 is 4.71. The molecule has 1 aromatic carbocycles. The van der Waals surface area contributed by atoms with Crippen molar-refractivity contribution in [2.45, 2.75) is 18.6 Å². The smallest absolute Gasteiger partial charge is 0.242 e. The van der Waals surface area contributed by atoms with Gasteiger partial charge in [0.2, 0.25) is 10.0 Å². The molecule has 0 heterocycles. The number of ether oxygens (including phenoxy) is 1. The number of sulfonamides is 1. The molecule has 0 amide bonds. The van der Waals surface area contributed by atoms with Gasteiger partial charge in [-0.15, -0.1) is 0 Å². The third-order valence-electron chi connectivity index (χ3n) is 2.47. The number of hydrogen-bond donors (Lipinski definition) is 2. The van der Waals surface area contributed by atoms with Crippen molar-refractivity contribution in [1.29, 1.82) is 0 Å². The molecule has 5 nitrogen and oxygen atoms in total. The molecule has 0 saturated heterocycles. The summed E-state index contributed by atoms with van der Waals surface area (Å²) in [5.74, 6) is -0.629. The molecular weight excluding hydrogens is 291 g/mol. The van der Waals surface area contributed by atoms with E-state index in [4.69, 9.17) is 22.7 Å². The van der Waals surface area contributed by atoms with Gasteiger partial charge in [0.05, 0.1) is 17.8 Å². The summed E-state index contributed by atoms with van der Waals surface area (Å²) in [6.07, 6.45) is 0.239. The number of rotatable bonds is 6. The van der Waals surface area contributed by atoms with Crippen LogP contribution in [0.25, 0.3) is 0 Å². The van der Waals surface area contributed by atoms with Crippen LogP contribution in [0, 0.1) is 5.82 Å². The van der Waals surface area contributed by atoms with E-state index in [1.807, 2.05) is 0 Å². The summed E-state index contributed by atoms with van der Waals surface area (Å²) in [6.45, 7) is 1.65. The largest absolute Gasteiger partial charge is 0.494 e. The van der Waals surface area contributed by atoms with E-state index in [2.05, 4.69) is 4.72 Å². The molecule has 1 rings (SSSR count). The van der Waals surface area contributed by atoms with Gasteiger partial charge in [-0.1, -0.05) is 19.1 Å². The number of hydrogen-bond acceptors (Lipinski definition) is 4. The van der Waals surface area contributed by atoms with Gasteiger partial charge in [-0.25, -0.2) is 12.8 Å². The van der Waals surface area contributed by atoms with Crippen molar-refractivity contribution < 1.29 is 17.5 Å². The van der Waals surface area contributed by atoms with E-state index in [-0.39, 0.29) is 22.8 Å². The average Bonchev–Trinajstić information content (AvgIpc) is 2.28. The van der Waals surface area contributed by atoms with Crippen LogP contribution in [-0.4, -0.2) is 25.8 Å². The number of nitrogens with two attached hydrogens (primary N) is 1. The van der Waals surface area contributed by atoms with Gasteiger partial charge in [0.1, 0.15) is 5.25 Å². The standard InChI is InChI=1S/C11H15FN2O3S2/c1-3-10(11(13)18)19(15,16)14-7-4-5-9(17-2)8(12)6-7/h4-6,10,14H,3H2,1-2H3,(H2,13,18). The molecule has 0 bridgehead atoms. The molecule has 0 aromatic heterocycles. The maximum atomic E-state index is 13.5. The van der Waals surface area contributed by atoms with Crippen LogP contribution < -0.4 is 15.2 Å². The number of anilines is 1. The summed E-state index contributed by atoms with van der Waals surface area (Å²) in [5.41, 5.74) is 5.47. The molecule has 0 fully saturated rings. The number of benzene rings is 1. The zero-order valence-corrected chi connectivity index (χ0v) is 12.1. The summed E-state index contributed by atoms with van der Waals surface area (Å²) in [4.78, 5) is -0.121. The van der Waals surface area contributed by atoms with E-state index in [9.17, 15) is 12.8 Å².